The van der Waals surface area contributed by atoms with Crippen molar-refractivity contribution in [2.45, 2.75) is 25.7 Å². The van der Waals surface area contributed by atoms with Gasteiger partial charge in [0.2, 0.25) is 5.91 Å². The monoisotopic (exact) mass is 334 g/mol. The Labute approximate surface area is 150 Å². The standard InChI is InChI=1S/C22H26N2O/c1-4-5-15-22(2,16-24(3)17-11-7-6-8-12-17)20-18-13-9-10-14-19(18)23-21(20)25/h4,6-14,20H,1,5,15-16H2,2-3H3,(H,23,25)/t20-,22-/m0/s1. The quantitative estimate of drug-likeness (QED) is 0.736. The molecule has 0 saturated heterocycles. The third-order valence-corrected chi connectivity index (χ3v) is 5.20. The lowest BCUT2D eigenvalue weighted by molar-refractivity contribution is -0.119. The molecular formula is C22H26N2O. The maximum atomic E-state index is 12.8. The maximum Gasteiger partial charge on any atom is 0.232 e. The number of carbonyl (C=O) groups excluding carboxylic acids is 1. The van der Waals surface area contributed by atoms with Crippen molar-refractivity contribution in [3.8, 4) is 0 Å². The lowest BCUT2D eigenvalue weighted by atomic mass is 9.70. The maximum absolute atomic E-state index is 12.8. The molecule has 0 aliphatic carbocycles. The number of para-hydroxylation sites is 2. The minimum atomic E-state index is -0.185. The second kappa shape index (κ2) is 7.14. The molecule has 0 radical (unpaired) electrons. The van der Waals surface area contributed by atoms with Crippen LogP contribution in [-0.4, -0.2) is 19.5 Å². The van der Waals surface area contributed by atoms with Crippen LogP contribution in [0.25, 0.3) is 0 Å². The van der Waals surface area contributed by atoms with E-state index in [1.165, 1.54) is 5.69 Å². The summed E-state index contributed by atoms with van der Waals surface area (Å²) in [4.78, 5) is 15.1. The Morgan fingerprint density at radius 3 is 2.56 bits per heavy atom. The molecule has 1 aliphatic heterocycles. The lowest BCUT2D eigenvalue weighted by Crippen LogP contribution is -2.40. The van der Waals surface area contributed by atoms with Crippen LogP contribution in [0.4, 0.5) is 11.4 Å². The Morgan fingerprint density at radius 1 is 1.16 bits per heavy atom. The molecule has 25 heavy (non-hydrogen) atoms. The Hall–Kier alpha value is -2.55. The van der Waals surface area contributed by atoms with Gasteiger partial charge >= 0.3 is 0 Å². The molecule has 3 heteroatoms. The fourth-order valence-electron chi connectivity index (χ4n) is 3.96. The third-order valence-electron chi connectivity index (χ3n) is 5.20. The zero-order valence-corrected chi connectivity index (χ0v) is 15.0. The molecule has 1 aliphatic rings. The number of allylic oxidation sites excluding steroid dienone is 1. The van der Waals surface area contributed by atoms with Gasteiger partial charge in [-0.05, 0) is 36.6 Å². The molecule has 0 fully saturated rings. The lowest BCUT2D eigenvalue weighted by Gasteiger charge is -2.38. The van der Waals surface area contributed by atoms with E-state index in [-0.39, 0.29) is 17.2 Å². The first-order valence-corrected chi connectivity index (χ1v) is 8.82. The molecule has 130 valence electrons. The third kappa shape index (κ3) is 3.46. The molecule has 0 bridgehead atoms. The molecule has 0 aromatic heterocycles. The summed E-state index contributed by atoms with van der Waals surface area (Å²) in [5, 5.41) is 3.06. The number of nitrogens with one attached hydrogen (secondary N) is 1. The van der Waals surface area contributed by atoms with Crippen LogP contribution >= 0.6 is 0 Å². The van der Waals surface area contributed by atoms with Crippen LogP contribution in [-0.2, 0) is 4.79 Å². The molecular weight excluding hydrogens is 308 g/mol. The van der Waals surface area contributed by atoms with E-state index < -0.39 is 0 Å². The van der Waals surface area contributed by atoms with Crippen LogP contribution < -0.4 is 10.2 Å². The predicted molar refractivity (Wildman–Crippen MR) is 105 cm³/mol. The summed E-state index contributed by atoms with van der Waals surface area (Å²) in [6.07, 6.45) is 3.75. The van der Waals surface area contributed by atoms with E-state index in [0.29, 0.717) is 0 Å². The van der Waals surface area contributed by atoms with Gasteiger partial charge in [-0.1, -0.05) is 49.4 Å². The molecule has 2 aromatic carbocycles. The Kier molecular flexibility index (Phi) is 4.93. The van der Waals surface area contributed by atoms with Gasteiger partial charge in [0.25, 0.3) is 0 Å². The number of hydrogen-bond acceptors (Lipinski definition) is 2. The molecule has 0 unspecified atom stereocenters. The SMILES string of the molecule is C=CCC[C@@](C)(CN(C)c1ccccc1)[C@@H]1C(=O)Nc2ccccc21. The van der Waals surface area contributed by atoms with Crippen LogP contribution in [0.15, 0.2) is 67.3 Å². The van der Waals surface area contributed by atoms with E-state index in [2.05, 4.69) is 49.0 Å². The van der Waals surface area contributed by atoms with Gasteiger partial charge in [-0.3, -0.25) is 4.79 Å². The summed E-state index contributed by atoms with van der Waals surface area (Å²) in [5.74, 6) is -0.0379. The van der Waals surface area contributed by atoms with Gasteiger partial charge in [0, 0.05) is 30.4 Å². The number of hydrogen-bond donors (Lipinski definition) is 1. The number of carbonyl (C=O) groups is 1. The van der Waals surface area contributed by atoms with Crippen LogP contribution in [0.2, 0.25) is 0 Å². The minimum Gasteiger partial charge on any atom is -0.374 e. The molecule has 0 spiro atoms. The molecule has 1 amide bonds. The zero-order valence-electron chi connectivity index (χ0n) is 15.0. The van der Waals surface area contributed by atoms with Gasteiger partial charge in [-0.25, -0.2) is 0 Å². The predicted octanol–water partition coefficient (Wildman–Crippen LogP) is 4.83. The summed E-state index contributed by atoms with van der Waals surface area (Å²) >= 11 is 0. The van der Waals surface area contributed by atoms with Gasteiger partial charge in [0.15, 0.2) is 0 Å². The molecule has 3 nitrogen and oxygen atoms in total. The van der Waals surface area contributed by atoms with Gasteiger partial charge in [-0.15, -0.1) is 6.58 Å². The number of rotatable bonds is 7. The molecule has 1 heterocycles. The summed E-state index contributed by atoms with van der Waals surface area (Å²) in [6.45, 7) is 6.90. The highest BCUT2D eigenvalue weighted by molar-refractivity contribution is 6.03. The highest BCUT2D eigenvalue weighted by Crippen LogP contribution is 2.47. The summed E-state index contributed by atoms with van der Waals surface area (Å²) < 4.78 is 0. The molecule has 3 rings (SSSR count). The van der Waals surface area contributed by atoms with Gasteiger partial charge in [0.1, 0.15) is 0 Å². The average Bonchev–Trinajstić information content (AvgIpc) is 2.97. The van der Waals surface area contributed by atoms with Crippen molar-refractivity contribution in [2.24, 2.45) is 5.41 Å². The molecule has 2 aromatic rings. The van der Waals surface area contributed by atoms with Crippen LogP contribution in [0, 0.1) is 5.41 Å². The fourth-order valence-corrected chi connectivity index (χ4v) is 3.96. The summed E-state index contributed by atoms with van der Waals surface area (Å²) in [6, 6.07) is 18.4. The van der Waals surface area contributed by atoms with Crippen molar-refractivity contribution in [3.63, 3.8) is 0 Å². The van der Waals surface area contributed by atoms with Crippen molar-refractivity contribution >= 4 is 17.3 Å². The second-order valence-corrected chi connectivity index (χ2v) is 7.18. The number of fused-ring (bicyclic) bond motifs is 1. The Balaban J connectivity index is 1.93. The van der Waals surface area contributed by atoms with Gasteiger partial charge in [0.05, 0.1) is 5.92 Å². The summed E-state index contributed by atoms with van der Waals surface area (Å²) in [5.41, 5.74) is 3.04. The van der Waals surface area contributed by atoms with Crippen LogP contribution in [0.1, 0.15) is 31.2 Å². The Morgan fingerprint density at radius 2 is 1.84 bits per heavy atom. The van der Waals surface area contributed by atoms with E-state index in [0.717, 1.165) is 30.6 Å². The molecule has 2 atom stereocenters. The number of nitrogens with zero attached hydrogens (tertiary/aromatic N) is 1. The molecule has 1 N–H and O–H groups in total. The number of benzene rings is 2. The summed E-state index contributed by atoms with van der Waals surface area (Å²) in [7, 11) is 2.10. The van der Waals surface area contributed by atoms with Crippen molar-refractivity contribution < 1.29 is 4.79 Å². The highest BCUT2D eigenvalue weighted by Gasteiger charge is 2.44. The smallest absolute Gasteiger partial charge is 0.232 e. The van der Waals surface area contributed by atoms with E-state index in [1.807, 2.05) is 42.5 Å². The second-order valence-electron chi connectivity index (χ2n) is 7.18. The largest absolute Gasteiger partial charge is 0.374 e. The highest BCUT2D eigenvalue weighted by atomic mass is 16.2. The van der Waals surface area contributed by atoms with Crippen molar-refractivity contribution in [1.82, 2.24) is 0 Å². The number of anilines is 2. The Bertz CT molecular complexity index is 756. The fraction of sp³-hybridized carbons (Fsp3) is 0.318. The molecule has 0 saturated carbocycles. The normalized spacial score (nSPS) is 18.2. The van der Waals surface area contributed by atoms with Crippen LogP contribution in [0.3, 0.4) is 0 Å². The topological polar surface area (TPSA) is 32.3 Å². The minimum absolute atomic E-state index is 0.106. The van der Waals surface area contributed by atoms with Crippen LogP contribution in [0.5, 0.6) is 0 Å². The van der Waals surface area contributed by atoms with E-state index in [9.17, 15) is 4.79 Å². The zero-order chi connectivity index (χ0) is 17.9. The van der Waals surface area contributed by atoms with Gasteiger partial charge in [-0.2, -0.15) is 0 Å². The van der Waals surface area contributed by atoms with Gasteiger partial charge < -0.3 is 10.2 Å². The average molecular weight is 334 g/mol. The van der Waals surface area contributed by atoms with Crippen molar-refractivity contribution in [2.75, 3.05) is 23.8 Å². The van der Waals surface area contributed by atoms with Crippen molar-refractivity contribution in [1.29, 1.82) is 0 Å². The first-order chi connectivity index (χ1) is 12.0. The van der Waals surface area contributed by atoms with Crippen molar-refractivity contribution in [3.05, 3.63) is 72.8 Å². The first-order valence-electron chi connectivity index (χ1n) is 8.82. The van der Waals surface area contributed by atoms with E-state index in [1.54, 1.807) is 0 Å². The number of amides is 1. The van der Waals surface area contributed by atoms with E-state index in [4.69, 9.17) is 0 Å². The van der Waals surface area contributed by atoms with E-state index >= 15 is 0 Å². The first kappa shape index (κ1) is 17.3.